The van der Waals surface area contributed by atoms with Crippen LogP contribution in [-0.4, -0.2) is 55.1 Å². The van der Waals surface area contributed by atoms with Gasteiger partial charge < -0.3 is 4.74 Å². The van der Waals surface area contributed by atoms with Crippen molar-refractivity contribution in [3.8, 4) is 0 Å². The minimum atomic E-state index is -0.233. The average Bonchev–Trinajstić information content (AvgIpc) is 2.86. The highest BCUT2D eigenvalue weighted by molar-refractivity contribution is 5.90. The molecule has 0 bridgehead atoms. The van der Waals surface area contributed by atoms with Crippen molar-refractivity contribution in [1.29, 1.82) is 0 Å². The molecule has 1 aromatic carbocycles. The van der Waals surface area contributed by atoms with E-state index in [9.17, 15) is 4.79 Å². The molecular weight excluding hydrogens is 264 g/mol. The zero-order valence-corrected chi connectivity index (χ0v) is 12.8. The number of methoxy groups -OCH3 is 1. The summed E-state index contributed by atoms with van der Waals surface area (Å²) < 4.78 is 4.89. The number of carbonyl (C=O) groups is 1. The zero-order valence-electron chi connectivity index (χ0n) is 12.8. The Hall–Kier alpha value is -1.39. The van der Waals surface area contributed by atoms with Crippen LogP contribution in [0.5, 0.6) is 0 Å². The van der Waals surface area contributed by atoms with Gasteiger partial charge in [-0.05, 0) is 50.5 Å². The first-order chi connectivity index (χ1) is 10.3. The van der Waals surface area contributed by atoms with Crippen LogP contribution in [0.3, 0.4) is 0 Å². The molecule has 2 fully saturated rings. The van der Waals surface area contributed by atoms with Gasteiger partial charge in [-0.1, -0.05) is 18.2 Å². The van der Waals surface area contributed by atoms with Crippen LogP contribution in [0, 0.1) is 0 Å². The van der Waals surface area contributed by atoms with E-state index in [1.807, 2.05) is 24.3 Å². The lowest BCUT2D eigenvalue weighted by molar-refractivity contribution is 0.0598. The summed E-state index contributed by atoms with van der Waals surface area (Å²) >= 11 is 0. The fraction of sp³-hybridized carbons (Fsp3) is 0.588. The van der Waals surface area contributed by atoms with Crippen LogP contribution < -0.4 is 0 Å². The second-order valence-electron chi connectivity index (χ2n) is 6.07. The Morgan fingerprint density at radius 3 is 2.90 bits per heavy atom. The highest BCUT2D eigenvalue weighted by Crippen LogP contribution is 2.23. The minimum Gasteiger partial charge on any atom is -0.465 e. The molecule has 0 spiro atoms. The highest BCUT2D eigenvalue weighted by Gasteiger charge is 2.29. The van der Waals surface area contributed by atoms with Crippen molar-refractivity contribution in [3.63, 3.8) is 0 Å². The van der Waals surface area contributed by atoms with Gasteiger partial charge in [0.2, 0.25) is 0 Å². The van der Waals surface area contributed by atoms with Crippen LogP contribution in [0.15, 0.2) is 24.3 Å². The van der Waals surface area contributed by atoms with Gasteiger partial charge >= 0.3 is 5.97 Å². The van der Waals surface area contributed by atoms with Crippen LogP contribution >= 0.6 is 0 Å². The Labute approximate surface area is 126 Å². The van der Waals surface area contributed by atoms with E-state index in [1.165, 1.54) is 39.5 Å². The summed E-state index contributed by atoms with van der Waals surface area (Å²) in [5, 5.41) is 0. The number of nitrogens with zero attached hydrogens (tertiary/aromatic N) is 2. The molecule has 3 rings (SSSR count). The van der Waals surface area contributed by atoms with E-state index < -0.39 is 0 Å². The minimum absolute atomic E-state index is 0.233. The van der Waals surface area contributed by atoms with Gasteiger partial charge in [-0.2, -0.15) is 0 Å². The highest BCUT2D eigenvalue weighted by atomic mass is 16.5. The zero-order chi connectivity index (χ0) is 14.7. The summed E-state index contributed by atoms with van der Waals surface area (Å²) in [6.45, 7) is 5.56. The van der Waals surface area contributed by atoms with Crippen LogP contribution in [0.4, 0.5) is 0 Å². The summed E-state index contributed by atoms with van der Waals surface area (Å²) in [5.41, 5.74) is 1.78. The van der Waals surface area contributed by atoms with Crippen LogP contribution in [-0.2, 0) is 11.3 Å². The van der Waals surface area contributed by atoms with E-state index in [-0.39, 0.29) is 5.97 Å². The molecule has 4 heteroatoms. The number of fused-ring (bicyclic) bond motifs is 1. The molecular formula is C17H24N2O2. The van der Waals surface area contributed by atoms with E-state index in [2.05, 4.69) is 9.80 Å². The summed E-state index contributed by atoms with van der Waals surface area (Å²) in [6.07, 6.45) is 3.86. The Kier molecular flexibility index (Phi) is 4.56. The van der Waals surface area contributed by atoms with Gasteiger partial charge in [0.25, 0.3) is 0 Å². The molecule has 0 aliphatic carbocycles. The molecule has 0 radical (unpaired) electrons. The maximum Gasteiger partial charge on any atom is 0.338 e. The van der Waals surface area contributed by atoms with E-state index in [0.717, 1.165) is 25.2 Å². The summed E-state index contributed by atoms with van der Waals surface area (Å²) in [4.78, 5) is 17.0. The van der Waals surface area contributed by atoms with E-state index >= 15 is 0 Å². The SMILES string of the molecule is COC(=O)c1ccccc1CN1CCCN2CCCC2C1. The first kappa shape index (κ1) is 14.5. The van der Waals surface area contributed by atoms with Crippen LogP contribution in [0.25, 0.3) is 0 Å². The molecule has 0 N–H and O–H groups in total. The van der Waals surface area contributed by atoms with Crippen molar-refractivity contribution in [1.82, 2.24) is 9.80 Å². The van der Waals surface area contributed by atoms with Crippen molar-refractivity contribution in [2.45, 2.75) is 31.8 Å². The monoisotopic (exact) mass is 288 g/mol. The quantitative estimate of drug-likeness (QED) is 0.798. The molecule has 1 unspecified atom stereocenters. The molecule has 114 valence electrons. The van der Waals surface area contributed by atoms with Gasteiger partial charge in [-0.3, -0.25) is 9.80 Å². The first-order valence-electron chi connectivity index (χ1n) is 7.90. The van der Waals surface area contributed by atoms with E-state index in [1.54, 1.807) is 0 Å². The van der Waals surface area contributed by atoms with Crippen molar-refractivity contribution in [2.24, 2.45) is 0 Å². The molecule has 2 saturated heterocycles. The fourth-order valence-corrected chi connectivity index (χ4v) is 3.63. The molecule has 2 aliphatic rings. The Morgan fingerprint density at radius 1 is 1.24 bits per heavy atom. The normalized spacial score (nSPS) is 23.6. The summed E-state index contributed by atoms with van der Waals surface area (Å²) in [7, 11) is 1.45. The lowest BCUT2D eigenvalue weighted by Crippen LogP contribution is -2.36. The number of hydrogen-bond donors (Lipinski definition) is 0. The number of benzene rings is 1. The number of ether oxygens (including phenoxy) is 1. The van der Waals surface area contributed by atoms with Gasteiger partial charge in [0, 0.05) is 19.1 Å². The van der Waals surface area contributed by atoms with Crippen molar-refractivity contribution in [3.05, 3.63) is 35.4 Å². The second-order valence-corrected chi connectivity index (χ2v) is 6.07. The molecule has 0 aromatic heterocycles. The molecule has 2 heterocycles. The van der Waals surface area contributed by atoms with Gasteiger partial charge in [0.15, 0.2) is 0 Å². The largest absolute Gasteiger partial charge is 0.465 e. The lowest BCUT2D eigenvalue weighted by Gasteiger charge is -2.26. The third-order valence-corrected chi connectivity index (χ3v) is 4.70. The molecule has 21 heavy (non-hydrogen) atoms. The predicted molar refractivity (Wildman–Crippen MR) is 82.3 cm³/mol. The second kappa shape index (κ2) is 6.58. The van der Waals surface area contributed by atoms with Gasteiger partial charge in [-0.15, -0.1) is 0 Å². The number of carbonyl (C=O) groups excluding carboxylic acids is 1. The molecule has 0 saturated carbocycles. The number of rotatable bonds is 3. The molecule has 1 atom stereocenters. The van der Waals surface area contributed by atoms with E-state index in [4.69, 9.17) is 4.74 Å². The van der Waals surface area contributed by atoms with Crippen molar-refractivity contribution >= 4 is 5.97 Å². The van der Waals surface area contributed by atoms with E-state index in [0.29, 0.717) is 11.6 Å². The standard InChI is InChI=1S/C17H24N2O2/c1-21-17(20)16-8-3-2-6-14(16)12-18-9-5-11-19-10-4-7-15(19)13-18/h2-3,6,8,15H,4-5,7,9-13H2,1H3. The Morgan fingerprint density at radius 2 is 2.05 bits per heavy atom. The van der Waals surface area contributed by atoms with Crippen molar-refractivity contribution in [2.75, 3.05) is 33.3 Å². The number of hydrogen-bond acceptors (Lipinski definition) is 4. The van der Waals surface area contributed by atoms with Gasteiger partial charge in [0.05, 0.1) is 12.7 Å². The smallest absolute Gasteiger partial charge is 0.338 e. The Balaban J connectivity index is 1.72. The molecule has 0 amide bonds. The third-order valence-electron chi connectivity index (χ3n) is 4.70. The molecule has 2 aliphatic heterocycles. The predicted octanol–water partition coefficient (Wildman–Crippen LogP) is 2.14. The summed E-state index contributed by atoms with van der Waals surface area (Å²) in [6, 6.07) is 8.51. The van der Waals surface area contributed by atoms with Crippen LogP contribution in [0.1, 0.15) is 35.2 Å². The Bertz CT molecular complexity index is 503. The first-order valence-corrected chi connectivity index (χ1v) is 7.90. The summed E-state index contributed by atoms with van der Waals surface area (Å²) in [5.74, 6) is -0.233. The fourth-order valence-electron chi connectivity index (χ4n) is 3.63. The maximum atomic E-state index is 11.9. The van der Waals surface area contributed by atoms with Crippen LogP contribution in [0.2, 0.25) is 0 Å². The molecule has 4 nitrogen and oxygen atoms in total. The number of esters is 1. The van der Waals surface area contributed by atoms with Crippen molar-refractivity contribution < 1.29 is 9.53 Å². The van der Waals surface area contributed by atoms with Gasteiger partial charge in [-0.25, -0.2) is 4.79 Å². The average molecular weight is 288 g/mol. The topological polar surface area (TPSA) is 32.8 Å². The third kappa shape index (κ3) is 3.27. The maximum absolute atomic E-state index is 11.9. The lowest BCUT2D eigenvalue weighted by atomic mass is 10.1. The van der Waals surface area contributed by atoms with Gasteiger partial charge in [0.1, 0.15) is 0 Å². The molecule has 1 aromatic rings.